The van der Waals surface area contributed by atoms with Crippen molar-refractivity contribution in [3.05, 3.63) is 35.4 Å². The second-order valence-corrected chi connectivity index (χ2v) is 7.43. The Labute approximate surface area is 128 Å². The summed E-state index contributed by atoms with van der Waals surface area (Å²) in [6.07, 6.45) is 3.71. The third kappa shape index (κ3) is 3.65. The molecule has 0 spiro atoms. The van der Waals surface area contributed by atoms with E-state index in [4.69, 9.17) is 5.73 Å². The van der Waals surface area contributed by atoms with Crippen molar-refractivity contribution in [3.8, 4) is 0 Å². The summed E-state index contributed by atoms with van der Waals surface area (Å²) in [6, 6.07) is 8.48. The monoisotopic (exact) mass is 288 g/mol. The van der Waals surface area contributed by atoms with Gasteiger partial charge in [0.25, 0.3) is 0 Å². The Hall–Kier alpha value is -1.35. The van der Waals surface area contributed by atoms with E-state index >= 15 is 0 Å². The van der Waals surface area contributed by atoms with Gasteiger partial charge in [0.05, 0.1) is 11.6 Å². The second kappa shape index (κ2) is 5.80. The molecule has 1 atom stereocenters. The van der Waals surface area contributed by atoms with E-state index in [0.717, 1.165) is 31.2 Å². The van der Waals surface area contributed by atoms with Crippen LogP contribution in [-0.2, 0) is 10.2 Å². The molecule has 0 heterocycles. The van der Waals surface area contributed by atoms with Crippen molar-refractivity contribution in [2.24, 2.45) is 5.73 Å². The fourth-order valence-electron chi connectivity index (χ4n) is 2.93. The number of nitrogens with one attached hydrogen (secondary N) is 1. The maximum Gasteiger partial charge on any atom is 0.240 e. The third-order valence-corrected chi connectivity index (χ3v) is 4.57. The highest BCUT2D eigenvalue weighted by Crippen LogP contribution is 2.28. The van der Waals surface area contributed by atoms with E-state index in [2.05, 4.69) is 50.4 Å². The van der Waals surface area contributed by atoms with Crippen molar-refractivity contribution in [2.75, 3.05) is 0 Å². The maximum absolute atomic E-state index is 12.3. The van der Waals surface area contributed by atoms with E-state index in [9.17, 15) is 4.79 Å². The van der Waals surface area contributed by atoms with E-state index in [1.54, 1.807) is 0 Å². The van der Waals surface area contributed by atoms with Crippen molar-refractivity contribution in [3.63, 3.8) is 0 Å². The quantitative estimate of drug-likeness (QED) is 0.895. The summed E-state index contributed by atoms with van der Waals surface area (Å²) in [5, 5.41) is 3.07. The van der Waals surface area contributed by atoms with Gasteiger partial charge in [-0.1, -0.05) is 57.9 Å². The molecule has 0 bridgehead atoms. The molecule has 1 amide bonds. The van der Waals surface area contributed by atoms with E-state index in [-0.39, 0.29) is 17.4 Å². The Morgan fingerprint density at radius 2 is 1.71 bits per heavy atom. The Morgan fingerprint density at radius 3 is 2.19 bits per heavy atom. The van der Waals surface area contributed by atoms with Crippen molar-refractivity contribution in [2.45, 2.75) is 70.4 Å². The molecule has 0 aromatic heterocycles. The normalized spacial score (nSPS) is 19.3. The molecule has 0 saturated heterocycles. The Kier molecular flexibility index (Phi) is 4.43. The minimum Gasteiger partial charge on any atom is -0.348 e. The fourth-order valence-corrected chi connectivity index (χ4v) is 2.93. The Balaban J connectivity index is 2.03. The molecule has 1 aliphatic rings. The number of carbonyl (C=O) groups excluding carboxylic acids is 1. The molecule has 1 saturated carbocycles. The van der Waals surface area contributed by atoms with E-state index < -0.39 is 5.54 Å². The van der Waals surface area contributed by atoms with Crippen molar-refractivity contribution < 1.29 is 4.79 Å². The lowest BCUT2D eigenvalue weighted by atomic mass is 9.86. The number of benzene rings is 1. The zero-order valence-corrected chi connectivity index (χ0v) is 13.7. The highest BCUT2D eigenvalue weighted by Gasteiger charge is 2.37. The van der Waals surface area contributed by atoms with Gasteiger partial charge < -0.3 is 11.1 Å². The summed E-state index contributed by atoms with van der Waals surface area (Å²) < 4.78 is 0. The van der Waals surface area contributed by atoms with Gasteiger partial charge in [-0.2, -0.15) is 0 Å². The predicted octanol–water partition coefficient (Wildman–Crippen LogP) is 3.43. The molecular weight excluding hydrogens is 260 g/mol. The molecule has 1 aliphatic carbocycles. The summed E-state index contributed by atoms with van der Waals surface area (Å²) in [7, 11) is 0. The lowest BCUT2D eigenvalue weighted by Gasteiger charge is -2.26. The molecular formula is C18H28N2O. The first kappa shape index (κ1) is 16.0. The van der Waals surface area contributed by atoms with Crippen LogP contribution in [0, 0.1) is 0 Å². The first-order valence-corrected chi connectivity index (χ1v) is 7.93. The standard InChI is InChI=1S/C18H28N2O/c1-13(20-16(21)18(19)11-5-6-12-18)14-7-9-15(10-8-14)17(2,3)4/h7-10,13H,5-6,11-12,19H2,1-4H3,(H,20,21). The van der Waals surface area contributed by atoms with Gasteiger partial charge in [-0.05, 0) is 36.3 Å². The van der Waals surface area contributed by atoms with Gasteiger partial charge in [-0.15, -0.1) is 0 Å². The maximum atomic E-state index is 12.3. The van der Waals surface area contributed by atoms with Crippen LogP contribution in [0.4, 0.5) is 0 Å². The van der Waals surface area contributed by atoms with Gasteiger partial charge in [0.1, 0.15) is 0 Å². The highest BCUT2D eigenvalue weighted by molar-refractivity contribution is 5.86. The number of hydrogen-bond donors (Lipinski definition) is 2. The molecule has 2 rings (SSSR count). The van der Waals surface area contributed by atoms with Crippen LogP contribution < -0.4 is 11.1 Å². The molecule has 3 N–H and O–H groups in total. The summed E-state index contributed by atoms with van der Waals surface area (Å²) in [6.45, 7) is 8.62. The van der Waals surface area contributed by atoms with Crippen molar-refractivity contribution in [1.82, 2.24) is 5.32 Å². The molecule has 0 radical (unpaired) electrons. The second-order valence-electron chi connectivity index (χ2n) is 7.43. The smallest absolute Gasteiger partial charge is 0.240 e. The van der Waals surface area contributed by atoms with E-state index in [0.29, 0.717) is 0 Å². The van der Waals surface area contributed by atoms with E-state index in [1.807, 2.05) is 6.92 Å². The predicted molar refractivity (Wildman–Crippen MR) is 87.1 cm³/mol. The number of hydrogen-bond acceptors (Lipinski definition) is 2. The summed E-state index contributed by atoms with van der Waals surface area (Å²) in [4.78, 5) is 12.3. The Bertz CT molecular complexity index is 493. The molecule has 116 valence electrons. The van der Waals surface area contributed by atoms with Crippen LogP contribution in [-0.4, -0.2) is 11.4 Å². The molecule has 1 aromatic carbocycles. The SMILES string of the molecule is CC(NC(=O)C1(N)CCCC1)c1ccc(C(C)(C)C)cc1. The zero-order valence-electron chi connectivity index (χ0n) is 13.7. The van der Waals surface area contributed by atoms with Crippen molar-refractivity contribution >= 4 is 5.91 Å². The van der Waals surface area contributed by atoms with Crippen molar-refractivity contribution in [1.29, 1.82) is 0 Å². The van der Waals surface area contributed by atoms with Crippen LogP contribution in [0.3, 0.4) is 0 Å². The van der Waals surface area contributed by atoms with Gasteiger partial charge >= 0.3 is 0 Å². The topological polar surface area (TPSA) is 55.1 Å². The molecule has 3 nitrogen and oxygen atoms in total. The summed E-state index contributed by atoms with van der Waals surface area (Å²) >= 11 is 0. The lowest BCUT2D eigenvalue weighted by molar-refractivity contribution is -0.126. The molecule has 3 heteroatoms. The zero-order chi connectivity index (χ0) is 15.7. The molecule has 1 fully saturated rings. The van der Waals surface area contributed by atoms with Crippen LogP contribution in [0.1, 0.15) is 70.5 Å². The molecule has 0 aliphatic heterocycles. The van der Waals surface area contributed by atoms with Gasteiger partial charge in [0.2, 0.25) is 5.91 Å². The van der Waals surface area contributed by atoms with Crippen LogP contribution in [0.2, 0.25) is 0 Å². The molecule has 1 unspecified atom stereocenters. The number of carbonyl (C=O) groups is 1. The van der Waals surface area contributed by atoms with Gasteiger partial charge in [0, 0.05) is 0 Å². The average molecular weight is 288 g/mol. The molecule has 21 heavy (non-hydrogen) atoms. The van der Waals surface area contributed by atoms with Crippen LogP contribution >= 0.6 is 0 Å². The Morgan fingerprint density at radius 1 is 1.19 bits per heavy atom. The minimum absolute atomic E-state index is 0.00690. The van der Waals surface area contributed by atoms with Gasteiger partial charge in [0.15, 0.2) is 0 Å². The summed E-state index contributed by atoms with van der Waals surface area (Å²) in [5.41, 5.74) is 8.12. The van der Waals surface area contributed by atoms with E-state index in [1.165, 1.54) is 5.56 Å². The minimum atomic E-state index is -0.653. The van der Waals surface area contributed by atoms with Crippen LogP contribution in [0.5, 0.6) is 0 Å². The summed E-state index contributed by atoms with van der Waals surface area (Å²) in [5.74, 6) is -0.00704. The molecule has 1 aromatic rings. The van der Waals surface area contributed by atoms with Gasteiger partial charge in [-0.3, -0.25) is 4.79 Å². The van der Waals surface area contributed by atoms with Gasteiger partial charge in [-0.25, -0.2) is 0 Å². The van der Waals surface area contributed by atoms with Crippen LogP contribution in [0.25, 0.3) is 0 Å². The average Bonchev–Trinajstić information content (AvgIpc) is 2.86. The number of amides is 1. The first-order valence-electron chi connectivity index (χ1n) is 7.93. The highest BCUT2D eigenvalue weighted by atomic mass is 16.2. The third-order valence-electron chi connectivity index (χ3n) is 4.57. The van der Waals surface area contributed by atoms with Crippen LogP contribution in [0.15, 0.2) is 24.3 Å². The first-order chi connectivity index (χ1) is 9.72. The lowest BCUT2D eigenvalue weighted by Crippen LogP contribution is -2.52. The fraction of sp³-hybridized carbons (Fsp3) is 0.611. The number of nitrogens with two attached hydrogens (primary N) is 1. The largest absolute Gasteiger partial charge is 0.348 e. The number of rotatable bonds is 3.